The largest absolute Gasteiger partial charge is 0.368 e. The molecule has 0 aromatic heterocycles. The summed E-state index contributed by atoms with van der Waals surface area (Å²) in [7, 11) is 1.52. The molecule has 0 saturated heterocycles. The third-order valence-corrected chi connectivity index (χ3v) is 2.31. The van der Waals surface area contributed by atoms with E-state index in [1.54, 1.807) is 0 Å². The molecule has 0 radical (unpaired) electrons. The van der Waals surface area contributed by atoms with Crippen molar-refractivity contribution in [1.82, 2.24) is 4.90 Å². The van der Waals surface area contributed by atoms with Crippen molar-refractivity contribution in [2.45, 2.75) is 26.3 Å². The van der Waals surface area contributed by atoms with Crippen molar-refractivity contribution in [3.05, 3.63) is 0 Å². The normalized spacial score (nSPS) is 14.6. The number of hydrogen-bond acceptors (Lipinski definition) is 3. The van der Waals surface area contributed by atoms with E-state index in [0.29, 0.717) is 0 Å². The number of carbonyl (C=O) groups excluding carboxylic acids is 2. The van der Waals surface area contributed by atoms with Crippen LogP contribution in [0.1, 0.15) is 20.3 Å². The van der Waals surface area contributed by atoms with E-state index in [1.165, 1.54) is 11.9 Å². The van der Waals surface area contributed by atoms with E-state index >= 15 is 0 Å². The number of primary amides is 1. The van der Waals surface area contributed by atoms with Gasteiger partial charge in [-0.2, -0.15) is 0 Å². The molecular weight excluding hydrogens is 182 g/mol. The van der Waals surface area contributed by atoms with E-state index < -0.39 is 11.9 Å². The Morgan fingerprint density at radius 3 is 2.29 bits per heavy atom. The third-order valence-electron chi connectivity index (χ3n) is 2.31. The fourth-order valence-electron chi connectivity index (χ4n) is 1.06. The van der Waals surface area contributed by atoms with Crippen LogP contribution in [0.4, 0.5) is 0 Å². The van der Waals surface area contributed by atoms with E-state index in [0.717, 1.165) is 6.42 Å². The lowest BCUT2D eigenvalue weighted by Gasteiger charge is -2.23. The Kier molecular flexibility index (Phi) is 5.15. The van der Waals surface area contributed by atoms with Crippen LogP contribution < -0.4 is 11.5 Å². The molecule has 0 aromatic rings. The average Bonchev–Trinajstić information content (AvgIpc) is 2.13. The van der Waals surface area contributed by atoms with Crippen LogP contribution in [0.15, 0.2) is 0 Å². The Balaban J connectivity index is 4.23. The quantitative estimate of drug-likeness (QED) is 0.616. The van der Waals surface area contributed by atoms with Crippen molar-refractivity contribution in [3.63, 3.8) is 0 Å². The average molecular weight is 201 g/mol. The first-order chi connectivity index (χ1) is 6.40. The summed E-state index contributed by atoms with van der Waals surface area (Å²) in [6.45, 7) is 3.79. The zero-order valence-corrected chi connectivity index (χ0v) is 8.99. The van der Waals surface area contributed by atoms with Gasteiger partial charge in [0, 0.05) is 7.05 Å². The summed E-state index contributed by atoms with van der Waals surface area (Å²) < 4.78 is 0. The molecule has 5 heteroatoms. The summed E-state index contributed by atoms with van der Waals surface area (Å²) in [5.74, 6) is -0.659. The zero-order valence-electron chi connectivity index (χ0n) is 8.99. The maximum Gasteiger partial charge on any atom is 0.239 e. The van der Waals surface area contributed by atoms with Crippen LogP contribution in [0.5, 0.6) is 0 Å². The van der Waals surface area contributed by atoms with Gasteiger partial charge < -0.3 is 16.4 Å². The molecule has 0 aliphatic carbocycles. The molecule has 2 amide bonds. The highest BCUT2D eigenvalue weighted by Crippen LogP contribution is 2.07. The highest BCUT2D eigenvalue weighted by atomic mass is 16.2. The monoisotopic (exact) mass is 201 g/mol. The van der Waals surface area contributed by atoms with Gasteiger partial charge in [0.25, 0.3) is 0 Å². The summed E-state index contributed by atoms with van der Waals surface area (Å²) in [5, 5.41) is 0. The lowest BCUT2D eigenvalue weighted by Crippen LogP contribution is -2.47. The molecule has 82 valence electrons. The molecule has 0 spiro atoms. The molecule has 0 unspecified atom stereocenters. The Labute approximate surface area is 84.4 Å². The molecule has 2 atom stereocenters. The summed E-state index contributed by atoms with van der Waals surface area (Å²) in [6.07, 6.45) is 0.831. The number of amides is 2. The number of likely N-dealkylation sites (N-methyl/N-ethyl adjacent to an activating group) is 1. The van der Waals surface area contributed by atoms with Gasteiger partial charge >= 0.3 is 0 Å². The smallest absolute Gasteiger partial charge is 0.239 e. The van der Waals surface area contributed by atoms with Gasteiger partial charge in [-0.15, -0.1) is 0 Å². The minimum atomic E-state index is -0.552. The van der Waals surface area contributed by atoms with Gasteiger partial charge in [-0.05, 0) is 5.92 Å². The first-order valence-corrected chi connectivity index (χ1v) is 4.69. The number of carbonyl (C=O) groups is 2. The van der Waals surface area contributed by atoms with E-state index in [2.05, 4.69) is 0 Å². The van der Waals surface area contributed by atoms with Crippen LogP contribution in [0.3, 0.4) is 0 Å². The van der Waals surface area contributed by atoms with Crippen molar-refractivity contribution in [3.8, 4) is 0 Å². The van der Waals surface area contributed by atoms with Crippen LogP contribution in [0, 0.1) is 5.92 Å². The van der Waals surface area contributed by atoms with Crippen LogP contribution >= 0.6 is 0 Å². The van der Waals surface area contributed by atoms with Crippen LogP contribution in [-0.4, -0.2) is 36.3 Å². The van der Waals surface area contributed by atoms with Gasteiger partial charge in [0.15, 0.2) is 0 Å². The SMILES string of the molecule is CC[C@H](C)[C@H](N)C(=O)N(C)CC(N)=O. The molecule has 0 rings (SSSR count). The molecule has 0 aromatic carbocycles. The second kappa shape index (κ2) is 5.59. The van der Waals surface area contributed by atoms with Crippen LogP contribution in [-0.2, 0) is 9.59 Å². The predicted octanol–water partition coefficient (Wildman–Crippen LogP) is -0.696. The van der Waals surface area contributed by atoms with Crippen LogP contribution in [0.2, 0.25) is 0 Å². The number of rotatable bonds is 5. The molecule has 0 heterocycles. The highest BCUT2D eigenvalue weighted by molar-refractivity contribution is 5.86. The molecule has 5 nitrogen and oxygen atoms in total. The van der Waals surface area contributed by atoms with E-state index in [-0.39, 0.29) is 18.4 Å². The number of hydrogen-bond donors (Lipinski definition) is 2. The Hall–Kier alpha value is -1.10. The number of nitrogens with zero attached hydrogens (tertiary/aromatic N) is 1. The molecule has 0 saturated carbocycles. The number of nitrogens with two attached hydrogens (primary N) is 2. The Bertz CT molecular complexity index is 218. The molecule has 4 N–H and O–H groups in total. The molecule has 0 bridgehead atoms. The first-order valence-electron chi connectivity index (χ1n) is 4.69. The second-order valence-electron chi connectivity index (χ2n) is 3.57. The van der Waals surface area contributed by atoms with Crippen molar-refractivity contribution in [2.24, 2.45) is 17.4 Å². The predicted molar refractivity (Wildman–Crippen MR) is 54.3 cm³/mol. The van der Waals surface area contributed by atoms with E-state index in [9.17, 15) is 9.59 Å². The maximum absolute atomic E-state index is 11.6. The first kappa shape index (κ1) is 12.9. The molecule has 0 aliphatic heterocycles. The van der Waals surface area contributed by atoms with Gasteiger partial charge in [0.1, 0.15) is 0 Å². The lowest BCUT2D eigenvalue weighted by molar-refractivity contribution is -0.135. The van der Waals surface area contributed by atoms with Crippen LogP contribution in [0.25, 0.3) is 0 Å². The fourth-order valence-corrected chi connectivity index (χ4v) is 1.06. The topological polar surface area (TPSA) is 89.4 Å². The molecule has 0 aliphatic rings. The van der Waals surface area contributed by atoms with Gasteiger partial charge in [-0.25, -0.2) is 0 Å². The van der Waals surface area contributed by atoms with Gasteiger partial charge in [-0.1, -0.05) is 20.3 Å². The summed E-state index contributed by atoms with van der Waals surface area (Å²) in [4.78, 5) is 23.4. The molecule has 14 heavy (non-hydrogen) atoms. The summed E-state index contributed by atoms with van der Waals surface area (Å²) in [5.41, 5.74) is 10.7. The standard InChI is InChI=1S/C9H19N3O2/c1-4-6(2)8(11)9(14)12(3)5-7(10)13/h6,8H,4-5,11H2,1-3H3,(H2,10,13)/t6-,8-/m0/s1. The minimum Gasteiger partial charge on any atom is -0.368 e. The molecule has 0 fully saturated rings. The van der Waals surface area contributed by atoms with Crippen molar-refractivity contribution in [2.75, 3.05) is 13.6 Å². The van der Waals surface area contributed by atoms with Gasteiger partial charge in [-0.3, -0.25) is 9.59 Å². The van der Waals surface area contributed by atoms with Crippen molar-refractivity contribution in [1.29, 1.82) is 0 Å². The van der Waals surface area contributed by atoms with Crippen molar-refractivity contribution < 1.29 is 9.59 Å². The lowest BCUT2D eigenvalue weighted by atomic mass is 9.99. The Morgan fingerprint density at radius 1 is 1.43 bits per heavy atom. The zero-order chi connectivity index (χ0) is 11.3. The maximum atomic E-state index is 11.6. The van der Waals surface area contributed by atoms with E-state index in [1.807, 2.05) is 13.8 Å². The van der Waals surface area contributed by atoms with Gasteiger partial charge in [0.2, 0.25) is 11.8 Å². The minimum absolute atomic E-state index is 0.0804. The summed E-state index contributed by atoms with van der Waals surface area (Å²) >= 11 is 0. The van der Waals surface area contributed by atoms with Gasteiger partial charge in [0.05, 0.1) is 12.6 Å². The molecular formula is C9H19N3O2. The van der Waals surface area contributed by atoms with E-state index in [4.69, 9.17) is 11.5 Å². The second-order valence-corrected chi connectivity index (χ2v) is 3.57. The fraction of sp³-hybridized carbons (Fsp3) is 0.778. The highest BCUT2D eigenvalue weighted by Gasteiger charge is 2.23. The van der Waals surface area contributed by atoms with Crippen molar-refractivity contribution >= 4 is 11.8 Å². The summed E-state index contributed by atoms with van der Waals surface area (Å²) in [6, 6.07) is -0.552. The Morgan fingerprint density at radius 2 is 1.93 bits per heavy atom. The third kappa shape index (κ3) is 3.74.